The average molecular weight is 399 g/mol. The summed E-state index contributed by atoms with van der Waals surface area (Å²) in [5, 5.41) is 0.137. The molecule has 4 heterocycles. The Morgan fingerprint density at radius 1 is 1.07 bits per heavy atom. The Kier molecular flexibility index (Phi) is 3.86. The molecule has 2 N–H and O–H groups in total. The fraction of sp³-hybridized carbons (Fsp3) is 0.222. The second-order valence-electron chi connectivity index (χ2n) is 6.49. The molecule has 9 nitrogen and oxygen atoms in total. The Hall–Kier alpha value is -2.95. The minimum Gasteiger partial charge on any atom is -0.424 e. The van der Waals surface area contributed by atoms with Crippen molar-refractivity contribution in [3.05, 3.63) is 42.7 Å². The molecule has 0 amide bonds. The fourth-order valence-corrected chi connectivity index (χ4v) is 4.84. The number of nitrogen functional groups attached to an aromatic ring is 1. The zero-order valence-electron chi connectivity index (χ0n) is 14.8. The molecule has 3 aromatic heterocycles. The number of benzene rings is 1. The number of fused-ring (bicyclic) bond motifs is 2. The van der Waals surface area contributed by atoms with E-state index < -0.39 is 10.0 Å². The van der Waals surface area contributed by atoms with Gasteiger partial charge in [0.1, 0.15) is 11.2 Å². The first-order valence-electron chi connectivity index (χ1n) is 8.74. The van der Waals surface area contributed by atoms with Crippen molar-refractivity contribution in [1.82, 2.24) is 18.7 Å². The lowest BCUT2D eigenvalue weighted by Gasteiger charge is -2.25. The maximum absolute atomic E-state index is 13.1. The van der Waals surface area contributed by atoms with Crippen LogP contribution in [0.25, 0.3) is 27.9 Å². The lowest BCUT2D eigenvalue weighted by atomic mass is 10.1. The number of imidazole rings is 1. The lowest BCUT2D eigenvalue weighted by molar-refractivity contribution is 0.0729. The zero-order valence-corrected chi connectivity index (χ0v) is 15.6. The van der Waals surface area contributed by atoms with Gasteiger partial charge in [-0.25, -0.2) is 13.4 Å². The second kappa shape index (κ2) is 6.30. The number of sulfonamides is 1. The van der Waals surface area contributed by atoms with Gasteiger partial charge in [0.25, 0.3) is 16.0 Å². The Bertz CT molecular complexity index is 1290. The summed E-state index contributed by atoms with van der Waals surface area (Å²) < 4.78 is 39.7. The monoisotopic (exact) mass is 399 g/mol. The number of hydrogen-bond donors (Lipinski definition) is 1. The molecule has 1 saturated heterocycles. The molecule has 0 unspecified atom stereocenters. The highest BCUT2D eigenvalue weighted by molar-refractivity contribution is 7.89. The molecule has 4 aromatic rings. The summed E-state index contributed by atoms with van der Waals surface area (Å²) >= 11 is 0. The van der Waals surface area contributed by atoms with Crippen LogP contribution in [0, 0.1) is 0 Å². The van der Waals surface area contributed by atoms with Gasteiger partial charge in [-0.1, -0.05) is 6.07 Å². The predicted molar refractivity (Wildman–Crippen MR) is 102 cm³/mol. The maximum atomic E-state index is 13.1. The number of ether oxygens (including phenoxy) is 1. The maximum Gasteiger partial charge on any atom is 0.292 e. The van der Waals surface area contributed by atoms with E-state index in [1.165, 1.54) is 10.5 Å². The molecule has 0 aliphatic carbocycles. The van der Waals surface area contributed by atoms with E-state index in [2.05, 4.69) is 9.97 Å². The van der Waals surface area contributed by atoms with Crippen molar-refractivity contribution < 1.29 is 17.6 Å². The van der Waals surface area contributed by atoms with Crippen LogP contribution < -0.4 is 5.73 Å². The third-order valence-electron chi connectivity index (χ3n) is 4.78. The van der Waals surface area contributed by atoms with E-state index in [9.17, 15) is 8.42 Å². The molecule has 0 atom stereocenters. The molecule has 0 bridgehead atoms. The van der Waals surface area contributed by atoms with Crippen LogP contribution >= 0.6 is 0 Å². The van der Waals surface area contributed by atoms with Crippen molar-refractivity contribution in [2.45, 2.75) is 5.03 Å². The third kappa shape index (κ3) is 2.73. The van der Waals surface area contributed by atoms with Gasteiger partial charge in [-0.15, -0.1) is 0 Å². The summed E-state index contributed by atoms with van der Waals surface area (Å²) in [6, 6.07) is 9.30. The fourth-order valence-electron chi connectivity index (χ4n) is 3.36. The Morgan fingerprint density at radius 2 is 1.86 bits per heavy atom. The molecule has 5 rings (SSSR count). The third-order valence-corrected chi connectivity index (χ3v) is 6.66. The molecule has 1 fully saturated rings. The number of anilines is 1. The summed E-state index contributed by atoms with van der Waals surface area (Å²) in [7, 11) is -3.67. The number of pyridine rings is 1. The van der Waals surface area contributed by atoms with Gasteiger partial charge in [-0.3, -0.25) is 4.40 Å². The van der Waals surface area contributed by atoms with Crippen LogP contribution in [0.3, 0.4) is 0 Å². The van der Waals surface area contributed by atoms with Crippen molar-refractivity contribution in [2.75, 3.05) is 32.0 Å². The predicted octanol–water partition coefficient (Wildman–Crippen LogP) is 1.75. The van der Waals surface area contributed by atoms with Crippen LogP contribution in [-0.4, -0.2) is 53.4 Å². The smallest absolute Gasteiger partial charge is 0.292 e. The van der Waals surface area contributed by atoms with Gasteiger partial charge in [0.15, 0.2) is 10.6 Å². The standard InChI is InChI=1S/C18H17N5O4S/c19-18-21-14-9-12(1-3-15(14)27-18)13-2-4-16-20-10-17(23(16)11-13)28(24,25)22-5-7-26-8-6-22/h1-4,9-11H,5-8H2,(H2,19,21). The van der Waals surface area contributed by atoms with Crippen LogP contribution in [0.2, 0.25) is 0 Å². The summed E-state index contributed by atoms with van der Waals surface area (Å²) in [6.07, 6.45) is 3.16. The molecule has 1 aliphatic heterocycles. The normalized spacial score (nSPS) is 16.1. The second-order valence-corrected chi connectivity index (χ2v) is 8.38. The topological polar surface area (TPSA) is 116 Å². The van der Waals surface area contributed by atoms with E-state index in [0.29, 0.717) is 43.1 Å². The summed E-state index contributed by atoms with van der Waals surface area (Å²) in [6.45, 7) is 1.45. The molecule has 10 heteroatoms. The van der Waals surface area contributed by atoms with Crippen molar-refractivity contribution in [3.8, 4) is 11.1 Å². The van der Waals surface area contributed by atoms with Gasteiger partial charge < -0.3 is 14.9 Å². The number of oxazole rings is 1. The van der Waals surface area contributed by atoms with Crippen LogP contribution in [0.1, 0.15) is 0 Å². The molecule has 0 spiro atoms. The van der Waals surface area contributed by atoms with Crippen LogP contribution in [0.4, 0.5) is 6.01 Å². The number of aromatic nitrogens is 3. The largest absolute Gasteiger partial charge is 0.424 e. The van der Waals surface area contributed by atoms with E-state index in [1.54, 1.807) is 22.7 Å². The summed E-state index contributed by atoms with van der Waals surface area (Å²) in [5.41, 5.74) is 9.10. The van der Waals surface area contributed by atoms with E-state index >= 15 is 0 Å². The van der Waals surface area contributed by atoms with Gasteiger partial charge in [-0.05, 0) is 35.4 Å². The van der Waals surface area contributed by atoms with Crippen molar-refractivity contribution in [3.63, 3.8) is 0 Å². The Labute approximate surface area is 160 Å². The van der Waals surface area contributed by atoms with E-state index in [4.69, 9.17) is 14.9 Å². The summed E-state index contributed by atoms with van der Waals surface area (Å²) in [5.74, 6) is 0. The van der Waals surface area contributed by atoms with Crippen LogP contribution in [0.5, 0.6) is 0 Å². The molecule has 0 radical (unpaired) electrons. The van der Waals surface area contributed by atoms with Crippen molar-refractivity contribution in [2.24, 2.45) is 0 Å². The number of morpholine rings is 1. The van der Waals surface area contributed by atoms with Gasteiger partial charge in [-0.2, -0.15) is 9.29 Å². The Morgan fingerprint density at radius 3 is 2.68 bits per heavy atom. The van der Waals surface area contributed by atoms with E-state index in [-0.39, 0.29) is 11.0 Å². The van der Waals surface area contributed by atoms with Gasteiger partial charge in [0, 0.05) is 19.3 Å². The first-order chi connectivity index (χ1) is 13.5. The zero-order chi connectivity index (χ0) is 19.3. The lowest BCUT2D eigenvalue weighted by Crippen LogP contribution is -2.41. The SMILES string of the molecule is Nc1nc2cc(-c3ccc4ncc(S(=O)(=O)N5CCOCC5)n4c3)ccc2o1. The van der Waals surface area contributed by atoms with Crippen LogP contribution in [-0.2, 0) is 14.8 Å². The first kappa shape index (κ1) is 17.2. The number of nitrogens with zero attached hydrogens (tertiary/aromatic N) is 4. The van der Waals surface area contributed by atoms with Crippen molar-refractivity contribution in [1.29, 1.82) is 0 Å². The average Bonchev–Trinajstić information content (AvgIpc) is 3.30. The molecular weight excluding hydrogens is 382 g/mol. The number of hydrogen-bond acceptors (Lipinski definition) is 7. The highest BCUT2D eigenvalue weighted by Gasteiger charge is 2.29. The molecule has 1 aliphatic rings. The molecule has 0 saturated carbocycles. The molecule has 1 aromatic carbocycles. The van der Waals surface area contributed by atoms with E-state index in [1.807, 2.05) is 18.2 Å². The highest BCUT2D eigenvalue weighted by atomic mass is 32.2. The number of rotatable bonds is 3. The minimum absolute atomic E-state index is 0.108. The molecule has 28 heavy (non-hydrogen) atoms. The summed E-state index contributed by atoms with van der Waals surface area (Å²) in [4.78, 5) is 8.40. The van der Waals surface area contributed by atoms with Gasteiger partial charge in [0.2, 0.25) is 0 Å². The number of nitrogens with two attached hydrogens (primary N) is 1. The van der Waals surface area contributed by atoms with Crippen LogP contribution in [0.15, 0.2) is 52.2 Å². The minimum atomic E-state index is -3.67. The highest BCUT2D eigenvalue weighted by Crippen LogP contribution is 2.27. The first-order valence-corrected chi connectivity index (χ1v) is 10.2. The molecule has 144 valence electrons. The Balaban J connectivity index is 1.61. The van der Waals surface area contributed by atoms with Gasteiger partial charge in [0.05, 0.1) is 19.4 Å². The quantitative estimate of drug-likeness (QED) is 0.558. The molecular formula is C18H17N5O4S. The van der Waals surface area contributed by atoms with Gasteiger partial charge >= 0.3 is 0 Å². The van der Waals surface area contributed by atoms with E-state index in [0.717, 1.165) is 11.1 Å². The van der Waals surface area contributed by atoms with Crippen molar-refractivity contribution >= 4 is 32.8 Å².